The molecule has 108 valence electrons. The Morgan fingerprint density at radius 2 is 2.15 bits per heavy atom. The summed E-state index contributed by atoms with van der Waals surface area (Å²) < 4.78 is 0.610. The Hall–Kier alpha value is -1.56. The number of rotatable bonds is 2. The molecule has 2 rings (SSSR count). The smallest absolute Gasteiger partial charge is 0.255 e. The van der Waals surface area contributed by atoms with Crippen LogP contribution in [0.5, 0.6) is 0 Å². The molecule has 3 N–H and O–H groups in total. The number of amides is 2. The Balaban J connectivity index is 2.20. The molecule has 0 aromatic heterocycles. The Morgan fingerprint density at radius 3 is 2.80 bits per heavy atom. The minimum absolute atomic E-state index is 0.0283. The van der Waals surface area contributed by atoms with Gasteiger partial charge in [-0.25, -0.2) is 0 Å². The highest BCUT2D eigenvalue weighted by Crippen LogP contribution is 2.32. The van der Waals surface area contributed by atoms with E-state index in [1.54, 1.807) is 30.1 Å². The molecule has 0 aliphatic carbocycles. The van der Waals surface area contributed by atoms with Crippen molar-refractivity contribution in [1.82, 2.24) is 10.2 Å². The van der Waals surface area contributed by atoms with Gasteiger partial charge in [-0.05, 0) is 41.4 Å². The lowest BCUT2D eigenvalue weighted by atomic mass is 9.89. The predicted molar refractivity (Wildman–Crippen MR) is 81.2 cm³/mol. The molecule has 1 atom stereocenters. The van der Waals surface area contributed by atoms with Crippen LogP contribution in [0.3, 0.4) is 0 Å². The first kappa shape index (κ1) is 14.8. The third-order valence-electron chi connectivity index (χ3n) is 3.79. The highest BCUT2D eigenvalue weighted by atomic mass is 79.9. The first-order valence-electron chi connectivity index (χ1n) is 6.44. The highest BCUT2D eigenvalue weighted by Gasteiger charge is 2.41. The van der Waals surface area contributed by atoms with Gasteiger partial charge in [0, 0.05) is 25.8 Å². The fourth-order valence-electron chi connectivity index (χ4n) is 2.51. The molecule has 5 nitrogen and oxygen atoms in total. The summed E-state index contributed by atoms with van der Waals surface area (Å²) in [5, 5.41) is 2.66. The topological polar surface area (TPSA) is 75.4 Å². The van der Waals surface area contributed by atoms with Crippen LogP contribution in [0.4, 0.5) is 5.69 Å². The van der Waals surface area contributed by atoms with Crippen LogP contribution < -0.4 is 11.1 Å². The average molecular weight is 340 g/mol. The van der Waals surface area contributed by atoms with Crippen LogP contribution in [-0.4, -0.2) is 36.9 Å². The van der Waals surface area contributed by atoms with Gasteiger partial charge < -0.3 is 16.0 Å². The van der Waals surface area contributed by atoms with Gasteiger partial charge in [0.1, 0.15) is 0 Å². The number of hydrogen-bond acceptors (Lipinski definition) is 3. The molecule has 1 heterocycles. The number of nitrogens with two attached hydrogens (primary N) is 1. The second-order valence-electron chi connectivity index (χ2n) is 5.33. The molecule has 2 amide bonds. The van der Waals surface area contributed by atoms with Gasteiger partial charge in [0.15, 0.2) is 0 Å². The Bertz CT molecular complexity index is 561. The molecular weight excluding hydrogens is 322 g/mol. The van der Waals surface area contributed by atoms with Crippen LogP contribution >= 0.6 is 15.9 Å². The van der Waals surface area contributed by atoms with E-state index in [4.69, 9.17) is 5.73 Å². The van der Waals surface area contributed by atoms with Gasteiger partial charge in [-0.15, -0.1) is 0 Å². The van der Waals surface area contributed by atoms with Crippen molar-refractivity contribution in [1.29, 1.82) is 0 Å². The van der Waals surface area contributed by atoms with Gasteiger partial charge in [-0.3, -0.25) is 9.59 Å². The summed E-state index contributed by atoms with van der Waals surface area (Å²) in [5.74, 6) is -0.128. The lowest BCUT2D eigenvalue weighted by Crippen LogP contribution is -2.40. The molecule has 1 aromatic carbocycles. The maximum absolute atomic E-state index is 12.5. The van der Waals surface area contributed by atoms with Gasteiger partial charge in [0.2, 0.25) is 5.91 Å². The summed E-state index contributed by atoms with van der Waals surface area (Å²) in [6.07, 6.45) is 0.665. The summed E-state index contributed by atoms with van der Waals surface area (Å²) in [5.41, 5.74) is 6.35. The fraction of sp³-hybridized carbons (Fsp3) is 0.429. The number of nitrogens with zero attached hydrogens (tertiary/aromatic N) is 1. The maximum Gasteiger partial charge on any atom is 0.255 e. The van der Waals surface area contributed by atoms with Gasteiger partial charge in [-0.1, -0.05) is 6.07 Å². The molecule has 1 aliphatic heterocycles. The van der Waals surface area contributed by atoms with E-state index in [9.17, 15) is 9.59 Å². The monoisotopic (exact) mass is 339 g/mol. The predicted octanol–water partition coefficient (Wildman–Crippen LogP) is 1.63. The number of likely N-dealkylation sites (tertiary alicyclic amines) is 1. The third kappa shape index (κ3) is 2.52. The summed E-state index contributed by atoms with van der Waals surface area (Å²) in [4.78, 5) is 26.1. The van der Waals surface area contributed by atoms with E-state index in [1.165, 1.54) is 0 Å². The number of nitrogens with one attached hydrogen (secondary N) is 1. The Kier molecular flexibility index (Phi) is 4.04. The molecule has 0 spiro atoms. The Morgan fingerprint density at radius 1 is 1.45 bits per heavy atom. The first-order valence-corrected chi connectivity index (χ1v) is 7.24. The van der Waals surface area contributed by atoms with E-state index < -0.39 is 5.41 Å². The molecule has 0 saturated carbocycles. The van der Waals surface area contributed by atoms with Crippen molar-refractivity contribution in [3.63, 3.8) is 0 Å². The lowest BCUT2D eigenvalue weighted by molar-refractivity contribution is -0.128. The van der Waals surface area contributed by atoms with Gasteiger partial charge in [0.05, 0.1) is 15.5 Å². The number of carbonyl (C=O) groups is 2. The number of nitrogen functional groups attached to an aromatic ring is 1. The summed E-state index contributed by atoms with van der Waals surface area (Å²) in [6, 6.07) is 5.22. The SMILES string of the molecule is CNC(=O)C1(C)CCN(C(=O)c2cccc(N)c2Br)C1. The lowest BCUT2D eigenvalue weighted by Gasteiger charge is -2.23. The molecule has 1 saturated heterocycles. The van der Waals surface area contributed by atoms with Gasteiger partial charge in [0.25, 0.3) is 5.91 Å². The zero-order chi connectivity index (χ0) is 14.9. The van der Waals surface area contributed by atoms with Crippen LogP contribution in [0.25, 0.3) is 0 Å². The van der Waals surface area contributed by atoms with Crippen LogP contribution in [0.1, 0.15) is 23.7 Å². The Labute approximate surface area is 126 Å². The summed E-state index contributed by atoms with van der Waals surface area (Å²) in [6.45, 7) is 2.88. The summed E-state index contributed by atoms with van der Waals surface area (Å²) >= 11 is 3.35. The molecule has 1 fully saturated rings. The van der Waals surface area contributed by atoms with Crippen LogP contribution in [-0.2, 0) is 4.79 Å². The first-order chi connectivity index (χ1) is 9.39. The van der Waals surface area contributed by atoms with E-state index in [0.29, 0.717) is 35.2 Å². The molecule has 1 aliphatic rings. The standard InChI is InChI=1S/C14H18BrN3O2/c1-14(13(20)17-2)6-7-18(8-14)12(19)9-4-3-5-10(16)11(9)15/h3-5H,6-8,16H2,1-2H3,(H,17,20). The highest BCUT2D eigenvalue weighted by molar-refractivity contribution is 9.10. The van der Waals surface area contributed by atoms with E-state index in [0.717, 1.165) is 0 Å². The normalized spacial score (nSPS) is 21.9. The van der Waals surface area contributed by atoms with Crippen LogP contribution in [0, 0.1) is 5.41 Å². The number of benzene rings is 1. The zero-order valence-corrected chi connectivity index (χ0v) is 13.2. The van der Waals surface area contributed by atoms with Crippen molar-refractivity contribution in [3.8, 4) is 0 Å². The maximum atomic E-state index is 12.5. The molecule has 1 aromatic rings. The minimum Gasteiger partial charge on any atom is -0.398 e. The number of anilines is 1. The van der Waals surface area contributed by atoms with Crippen molar-refractivity contribution >= 4 is 33.4 Å². The van der Waals surface area contributed by atoms with Crippen molar-refractivity contribution in [2.75, 3.05) is 25.9 Å². The fourth-order valence-corrected chi connectivity index (χ4v) is 2.94. The third-order valence-corrected chi connectivity index (χ3v) is 4.68. The number of carbonyl (C=O) groups excluding carboxylic acids is 2. The molecule has 6 heteroatoms. The van der Waals surface area contributed by atoms with E-state index in [-0.39, 0.29) is 11.8 Å². The van der Waals surface area contributed by atoms with Crippen molar-refractivity contribution in [2.45, 2.75) is 13.3 Å². The van der Waals surface area contributed by atoms with Crippen LogP contribution in [0.15, 0.2) is 22.7 Å². The molecule has 0 bridgehead atoms. The second-order valence-corrected chi connectivity index (χ2v) is 6.12. The van der Waals surface area contributed by atoms with E-state index >= 15 is 0 Å². The van der Waals surface area contributed by atoms with Crippen molar-refractivity contribution in [2.24, 2.45) is 5.41 Å². The van der Waals surface area contributed by atoms with Gasteiger partial charge >= 0.3 is 0 Å². The van der Waals surface area contributed by atoms with E-state index in [2.05, 4.69) is 21.2 Å². The molecule has 20 heavy (non-hydrogen) atoms. The second kappa shape index (κ2) is 5.44. The quantitative estimate of drug-likeness (QED) is 0.804. The number of hydrogen-bond donors (Lipinski definition) is 2. The summed E-state index contributed by atoms with van der Waals surface area (Å²) in [7, 11) is 1.62. The van der Waals surface area contributed by atoms with E-state index in [1.807, 2.05) is 6.92 Å². The van der Waals surface area contributed by atoms with Crippen LogP contribution in [0.2, 0.25) is 0 Å². The minimum atomic E-state index is -0.517. The van der Waals surface area contributed by atoms with Crippen molar-refractivity contribution in [3.05, 3.63) is 28.2 Å². The number of halogens is 1. The molecule has 1 unspecified atom stereocenters. The average Bonchev–Trinajstić information content (AvgIpc) is 2.84. The van der Waals surface area contributed by atoms with Crippen molar-refractivity contribution < 1.29 is 9.59 Å². The molecule has 0 radical (unpaired) electrons. The zero-order valence-electron chi connectivity index (χ0n) is 11.6. The van der Waals surface area contributed by atoms with Gasteiger partial charge in [-0.2, -0.15) is 0 Å². The molecular formula is C14H18BrN3O2. The largest absolute Gasteiger partial charge is 0.398 e.